The lowest BCUT2D eigenvalue weighted by atomic mass is 10.2. The molecule has 0 saturated carbocycles. The van der Waals surface area contributed by atoms with Crippen molar-refractivity contribution < 1.29 is 23.1 Å². The van der Waals surface area contributed by atoms with Gasteiger partial charge in [-0.25, -0.2) is 0 Å². The van der Waals surface area contributed by atoms with E-state index >= 15 is 0 Å². The van der Waals surface area contributed by atoms with Gasteiger partial charge in [0, 0.05) is 25.3 Å². The number of carboxylic acid groups (broad SMARTS) is 1. The molecule has 0 spiro atoms. The summed E-state index contributed by atoms with van der Waals surface area (Å²) in [6.45, 7) is 8.82. The van der Waals surface area contributed by atoms with Crippen molar-refractivity contribution in [1.82, 2.24) is 14.7 Å². The third-order valence-electron chi connectivity index (χ3n) is 3.76. The van der Waals surface area contributed by atoms with Crippen molar-refractivity contribution in [2.24, 2.45) is 5.92 Å². The third kappa shape index (κ3) is 4.95. The van der Waals surface area contributed by atoms with Crippen molar-refractivity contribution >= 4 is 5.97 Å². The molecule has 0 aliphatic carbocycles. The molecule has 1 fully saturated rings. The summed E-state index contributed by atoms with van der Waals surface area (Å²) in [6.07, 6.45) is -3.77. The summed E-state index contributed by atoms with van der Waals surface area (Å²) in [5, 5.41) is 12.6. The number of likely N-dealkylation sites (tertiary alicyclic amines) is 1. The van der Waals surface area contributed by atoms with Gasteiger partial charge in [0.25, 0.3) is 0 Å². The molecule has 0 amide bonds. The van der Waals surface area contributed by atoms with Gasteiger partial charge in [0.1, 0.15) is 0 Å². The molecule has 1 saturated heterocycles. The summed E-state index contributed by atoms with van der Waals surface area (Å²) in [5.41, 5.74) is -0.405. The highest BCUT2D eigenvalue weighted by atomic mass is 19.4. The van der Waals surface area contributed by atoms with Crippen LogP contribution in [0.15, 0.2) is 6.07 Å². The van der Waals surface area contributed by atoms with Gasteiger partial charge in [0.2, 0.25) is 0 Å². The second-order valence-electron chi connectivity index (χ2n) is 5.55. The third-order valence-corrected chi connectivity index (χ3v) is 3.76. The van der Waals surface area contributed by atoms with Crippen LogP contribution in [0.2, 0.25) is 0 Å². The predicted molar refractivity (Wildman–Crippen MR) is 80.2 cm³/mol. The summed E-state index contributed by atoms with van der Waals surface area (Å²) in [4.78, 5) is 12.8. The van der Waals surface area contributed by atoms with Crippen LogP contribution < -0.4 is 0 Å². The Bertz CT molecular complexity index is 529. The predicted octanol–water partition coefficient (Wildman–Crippen LogP) is 3.20. The van der Waals surface area contributed by atoms with E-state index in [1.165, 1.54) is 4.68 Å². The van der Waals surface area contributed by atoms with Crippen LogP contribution in [0.5, 0.6) is 0 Å². The van der Waals surface area contributed by atoms with Crippen LogP contribution in [-0.4, -0.2) is 45.4 Å². The number of carbonyl (C=O) groups is 1. The Labute approximate surface area is 134 Å². The average Bonchev–Trinajstić information content (AvgIpc) is 3.06. The lowest BCUT2D eigenvalue weighted by molar-refractivity contribution is -0.142. The molecular weight excluding hydrogens is 311 g/mol. The molecule has 1 aromatic rings. The highest BCUT2D eigenvalue weighted by Gasteiger charge is 2.36. The molecule has 2 rings (SSSR count). The molecule has 2 unspecified atom stereocenters. The van der Waals surface area contributed by atoms with Gasteiger partial charge in [-0.15, -0.1) is 0 Å². The number of carboxylic acids is 1. The van der Waals surface area contributed by atoms with Crippen LogP contribution in [0, 0.1) is 12.8 Å². The smallest absolute Gasteiger partial charge is 0.435 e. The van der Waals surface area contributed by atoms with Crippen molar-refractivity contribution in [3.05, 3.63) is 17.5 Å². The van der Waals surface area contributed by atoms with Crippen molar-refractivity contribution in [2.75, 3.05) is 19.6 Å². The highest BCUT2D eigenvalue weighted by Crippen LogP contribution is 2.31. The largest absolute Gasteiger partial charge is 0.481 e. The Balaban J connectivity index is 0.00000127. The Morgan fingerprint density at radius 3 is 2.57 bits per heavy atom. The number of aromatic nitrogens is 2. The second kappa shape index (κ2) is 7.81. The standard InChI is InChI=1S/C13H18F3N3O2.C2H6/c1-8(12(20)21)6-18-4-3-10(7-18)19-9(2)5-11(17-19)13(14,15)16;1-2/h5,8,10H,3-4,6-7H2,1-2H3,(H,20,21);1-2H3. The Morgan fingerprint density at radius 1 is 1.48 bits per heavy atom. The van der Waals surface area contributed by atoms with Gasteiger partial charge in [-0.3, -0.25) is 9.48 Å². The number of hydrogen-bond donors (Lipinski definition) is 1. The van der Waals surface area contributed by atoms with Crippen molar-refractivity contribution in [1.29, 1.82) is 0 Å². The first-order chi connectivity index (χ1) is 10.7. The van der Waals surface area contributed by atoms with E-state index in [-0.39, 0.29) is 6.04 Å². The van der Waals surface area contributed by atoms with E-state index < -0.39 is 23.8 Å². The van der Waals surface area contributed by atoms with Crippen LogP contribution in [-0.2, 0) is 11.0 Å². The zero-order valence-corrected chi connectivity index (χ0v) is 13.9. The first-order valence-corrected chi connectivity index (χ1v) is 7.77. The van der Waals surface area contributed by atoms with Crippen molar-refractivity contribution in [3.8, 4) is 0 Å². The zero-order valence-electron chi connectivity index (χ0n) is 13.9. The molecule has 2 atom stereocenters. The van der Waals surface area contributed by atoms with Crippen molar-refractivity contribution in [3.63, 3.8) is 0 Å². The monoisotopic (exact) mass is 335 g/mol. The minimum absolute atomic E-state index is 0.137. The van der Waals surface area contributed by atoms with Crippen LogP contribution >= 0.6 is 0 Å². The number of hydrogen-bond acceptors (Lipinski definition) is 3. The molecule has 1 aliphatic rings. The molecule has 5 nitrogen and oxygen atoms in total. The molecular formula is C15H24F3N3O2. The van der Waals surface area contributed by atoms with Gasteiger partial charge in [0.05, 0.1) is 12.0 Å². The summed E-state index contributed by atoms with van der Waals surface area (Å²) < 4.78 is 39.4. The van der Waals surface area contributed by atoms with E-state index in [4.69, 9.17) is 5.11 Å². The van der Waals surface area contributed by atoms with Gasteiger partial charge in [-0.05, 0) is 19.4 Å². The Kier molecular flexibility index (Phi) is 6.61. The minimum Gasteiger partial charge on any atom is -0.481 e. The molecule has 0 aromatic carbocycles. The molecule has 2 heterocycles. The molecule has 23 heavy (non-hydrogen) atoms. The molecule has 1 aliphatic heterocycles. The van der Waals surface area contributed by atoms with Gasteiger partial charge in [-0.2, -0.15) is 18.3 Å². The molecule has 0 bridgehead atoms. The van der Waals surface area contributed by atoms with Crippen LogP contribution in [0.4, 0.5) is 13.2 Å². The maximum absolute atomic E-state index is 12.7. The maximum atomic E-state index is 12.7. The number of alkyl halides is 3. The van der Waals surface area contributed by atoms with E-state index in [0.29, 0.717) is 31.7 Å². The Morgan fingerprint density at radius 2 is 2.09 bits per heavy atom. The topological polar surface area (TPSA) is 58.4 Å². The van der Waals surface area contributed by atoms with Crippen LogP contribution in [0.1, 0.15) is 44.6 Å². The number of aryl methyl sites for hydroxylation is 1. The van der Waals surface area contributed by atoms with E-state index in [9.17, 15) is 18.0 Å². The van der Waals surface area contributed by atoms with Crippen LogP contribution in [0.3, 0.4) is 0 Å². The van der Waals surface area contributed by atoms with E-state index in [1.807, 2.05) is 18.7 Å². The fourth-order valence-electron chi connectivity index (χ4n) is 2.64. The average molecular weight is 335 g/mol. The molecule has 132 valence electrons. The molecule has 0 radical (unpaired) electrons. The lowest BCUT2D eigenvalue weighted by Crippen LogP contribution is -2.30. The number of rotatable bonds is 4. The summed E-state index contributed by atoms with van der Waals surface area (Å²) in [6, 6.07) is 0.907. The fourth-order valence-corrected chi connectivity index (χ4v) is 2.64. The molecule has 1 aromatic heterocycles. The number of halogens is 3. The number of nitrogens with zero attached hydrogens (tertiary/aromatic N) is 3. The van der Waals surface area contributed by atoms with Gasteiger partial charge in [0.15, 0.2) is 5.69 Å². The Hall–Kier alpha value is -1.57. The highest BCUT2D eigenvalue weighted by molar-refractivity contribution is 5.69. The van der Waals surface area contributed by atoms with E-state index in [1.54, 1.807) is 13.8 Å². The number of aliphatic carboxylic acids is 1. The fraction of sp³-hybridized carbons (Fsp3) is 0.733. The normalized spacial score (nSPS) is 20.0. The second-order valence-corrected chi connectivity index (χ2v) is 5.55. The quantitative estimate of drug-likeness (QED) is 0.918. The van der Waals surface area contributed by atoms with Gasteiger partial charge >= 0.3 is 12.1 Å². The summed E-state index contributed by atoms with van der Waals surface area (Å²) >= 11 is 0. The van der Waals surface area contributed by atoms with Gasteiger partial charge < -0.3 is 10.0 Å². The molecule has 1 N–H and O–H groups in total. The van der Waals surface area contributed by atoms with E-state index in [0.717, 1.165) is 6.07 Å². The SMILES string of the molecule is CC.Cc1cc(C(F)(F)F)nn1C1CCN(CC(C)C(=O)O)C1. The molecule has 8 heteroatoms. The summed E-state index contributed by atoms with van der Waals surface area (Å²) in [5.74, 6) is -1.36. The maximum Gasteiger partial charge on any atom is 0.435 e. The summed E-state index contributed by atoms with van der Waals surface area (Å²) in [7, 11) is 0. The van der Waals surface area contributed by atoms with Crippen molar-refractivity contribution in [2.45, 2.75) is 46.3 Å². The first kappa shape index (κ1) is 19.5. The minimum atomic E-state index is -4.44. The van der Waals surface area contributed by atoms with Gasteiger partial charge in [-0.1, -0.05) is 20.8 Å². The zero-order chi connectivity index (χ0) is 17.8. The van der Waals surface area contributed by atoms with E-state index in [2.05, 4.69) is 5.10 Å². The lowest BCUT2D eigenvalue weighted by Gasteiger charge is -2.19. The first-order valence-electron chi connectivity index (χ1n) is 7.77. The van der Waals surface area contributed by atoms with Crippen LogP contribution in [0.25, 0.3) is 0 Å².